The first-order valence-electron chi connectivity index (χ1n) is 8.04. The lowest BCUT2D eigenvalue weighted by atomic mass is 9.74. The maximum Gasteiger partial charge on any atom is 0.0697 e. The smallest absolute Gasteiger partial charge is 0.0697 e. The van der Waals surface area contributed by atoms with Crippen molar-refractivity contribution in [1.29, 1.82) is 0 Å². The summed E-state index contributed by atoms with van der Waals surface area (Å²) in [7, 11) is 1.87. The Labute approximate surface area is 127 Å². The number of rotatable bonds is 6. The molecule has 1 fully saturated rings. The first-order chi connectivity index (χ1) is 10.3. The van der Waals surface area contributed by atoms with Gasteiger partial charge >= 0.3 is 0 Å². The molecule has 2 aromatic carbocycles. The molecule has 0 aliphatic heterocycles. The third-order valence-corrected chi connectivity index (χ3v) is 4.92. The highest BCUT2D eigenvalue weighted by Crippen LogP contribution is 2.42. The van der Waals surface area contributed by atoms with E-state index in [1.54, 1.807) is 0 Å². The van der Waals surface area contributed by atoms with Crippen LogP contribution in [0.1, 0.15) is 44.2 Å². The molecule has 0 bridgehead atoms. The van der Waals surface area contributed by atoms with Gasteiger partial charge in [0.1, 0.15) is 0 Å². The van der Waals surface area contributed by atoms with E-state index in [1.807, 2.05) is 7.11 Å². The summed E-state index contributed by atoms with van der Waals surface area (Å²) >= 11 is 0. The SMILES string of the molecule is CCNC(CC1(OC)CCC1)c1cccc2ccccc12. The van der Waals surface area contributed by atoms with E-state index in [1.165, 1.54) is 35.6 Å². The fourth-order valence-electron chi connectivity index (χ4n) is 3.53. The van der Waals surface area contributed by atoms with E-state index in [2.05, 4.69) is 54.7 Å². The van der Waals surface area contributed by atoms with Crippen molar-refractivity contribution in [2.75, 3.05) is 13.7 Å². The van der Waals surface area contributed by atoms with Crippen molar-refractivity contribution in [1.82, 2.24) is 5.32 Å². The van der Waals surface area contributed by atoms with Crippen LogP contribution < -0.4 is 5.32 Å². The molecule has 1 aliphatic rings. The zero-order chi connectivity index (χ0) is 14.7. The second kappa shape index (κ2) is 6.17. The van der Waals surface area contributed by atoms with E-state index >= 15 is 0 Å². The minimum absolute atomic E-state index is 0.0871. The molecule has 0 saturated heterocycles. The normalized spacial score (nSPS) is 18.4. The molecule has 2 aromatic rings. The Balaban J connectivity index is 1.95. The third-order valence-electron chi connectivity index (χ3n) is 4.92. The van der Waals surface area contributed by atoms with Crippen LogP contribution in [0, 0.1) is 0 Å². The van der Waals surface area contributed by atoms with Gasteiger partial charge in [0.05, 0.1) is 5.60 Å². The molecule has 1 aliphatic carbocycles. The highest BCUT2D eigenvalue weighted by Gasteiger charge is 2.39. The first-order valence-corrected chi connectivity index (χ1v) is 8.04. The Kier molecular flexibility index (Phi) is 4.27. The number of hydrogen-bond donors (Lipinski definition) is 1. The first kappa shape index (κ1) is 14.6. The van der Waals surface area contributed by atoms with Gasteiger partial charge in [0, 0.05) is 13.2 Å². The van der Waals surface area contributed by atoms with Crippen molar-refractivity contribution in [2.45, 2.75) is 44.2 Å². The Bertz CT molecular complexity index is 593. The fraction of sp³-hybridized carbons (Fsp3) is 0.474. The topological polar surface area (TPSA) is 21.3 Å². The number of methoxy groups -OCH3 is 1. The van der Waals surface area contributed by atoms with E-state index in [9.17, 15) is 0 Å². The van der Waals surface area contributed by atoms with Crippen LogP contribution in [0.25, 0.3) is 10.8 Å². The monoisotopic (exact) mass is 283 g/mol. The molecule has 0 heterocycles. The molecular weight excluding hydrogens is 258 g/mol. The molecule has 112 valence electrons. The molecule has 1 unspecified atom stereocenters. The van der Waals surface area contributed by atoms with Crippen LogP contribution in [0.4, 0.5) is 0 Å². The molecule has 21 heavy (non-hydrogen) atoms. The van der Waals surface area contributed by atoms with Gasteiger partial charge in [0.25, 0.3) is 0 Å². The zero-order valence-electron chi connectivity index (χ0n) is 13.1. The minimum Gasteiger partial charge on any atom is -0.378 e. The van der Waals surface area contributed by atoms with Crippen molar-refractivity contribution in [3.63, 3.8) is 0 Å². The molecule has 0 spiro atoms. The van der Waals surface area contributed by atoms with Crippen LogP contribution in [0.5, 0.6) is 0 Å². The quantitative estimate of drug-likeness (QED) is 0.845. The summed E-state index contributed by atoms with van der Waals surface area (Å²) in [6.45, 7) is 3.16. The standard InChI is InChI=1S/C19H25NO/c1-3-20-18(14-19(21-2)12-7-13-19)17-11-6-9-15-8-4-5-10-16(15)17/h4-6,8-11,18,20H,3,7,12-14H2,1-2H3. The van der Waals surface area contributed by atoms with Crippen LogP contribution in [0.2, 0.25) is 0 Å². The minimum atomic E-state index is 0.0871. The van der Waals surface area contributed by atoms with Crippen molar-refractivity contribution < 1.29 is 4.74 Å². The number of hydrogen-bond acceptors (Lipinski definition) is 2. The Hall–Kier alpha value is -1.38. The van der Waals surface area contributed by atoms with Gasteiger partial charge in [0.2, 0.25) is 0 Å². The van der Waals surface area contributed by atoms with Crippen molar-refractivity contribution in [3.05, 3.63) is 48.0 Å². The maximum absolute atomic E-state index is 5.84. The summed E-state index contributed by atoms with van der Waals surface area (Å²) in [5.74, 6) is 0. The number of nitrogens with one attached hydrogen (secondary N) is 1. The summed E-state index contributed by atoms with van der Waals surface area (Å²) < 4.78 is 5.84. The van der Waals surface area contributed by atoms with Gasteiger partial charge in [-0.1, -0.05) is 49.4 Å². The number of ether oxygens (including phenoxy) is 1. The van der Waals surface area contributed by atoms with Crippen molar-refractivity contribution in [2.24, 2.45) is 0 Å². The molecule has 1 N–H and O–H groups in total. The lowest BCUT2D eigenvalue weighted by Crippen LogP contribution is -2.42. The molecule has 0 amide bonds. The summed E-state index contributed by atoms with van der Waals surface area (Å²) in [6, 6.07) is 15.6. The van der Waals surface area contributed by atoms with Gasteiger partial charge in [0.15, 0.2) is 0 Å². The molecule has 3 rings (SSSR count). The number of fused-ring (bicyclic) bond motifs is 1. The van der Waals surface area contributed by atoms with Gasteiger partial charge in [-0.25, -0.2) is 0 Å². The summed E-state index contributed by atoms with van der Waals surface area (Å²) in [5.41, 5.74) is 1.49. The predicted molar refractivity (Wildman–Crippen MR) is 88.6 cm³/mol. The van der Waals surface area contributed by atoms with Gasteiger partial charge in [-0.05, 0) is 48.6 Å². The molecule has 1 saturated carbocycles. The summed E-state index contributed by atoms with van der Waals surface area (Å²) in [5, 5.41) is 6.34. The van der Waals surface area contributed by atoms with Crippen LogP contribution in [-0.4, -0.2) is 19.3 Å². The van der Waals surface area contributed by atoms with Gasteiger partial charge in [-0.15, -0.1) is 0 Å². The third kappa shape index (κ3) is 2.83. The second-order valence-corrected chi connectivity index (χ2v) is 6.12. The van der Waals surface area contributed by atoms with Crippen LogP contribution in [-0.2, 0) is 4.74 Å². The fourth-order valence-corrected chi connectivity index (χ4v) is 3.53. The number of benzene rings is 2. The predicted octanol–water partition coefficient (Wildman–Crippen LogP) is 4.45. The van der Waals surface area contributed by atoms with E-state index in [0.29, 0.717) is 6.04 Å². The van der Waals surface area contributed by atoms with Gasteiger partial charge < -0.3 is 10.1 Å². The van der Waals surface area contributed by atoms with E-state index in [0.717, 1.165) is 13.0 Å². The molecular formula is C19H25NO. The molecule has 0 radical (unpaired) electrons. The summed E-state index contributed by atoms with van der Waals surface area (Å²) in [4.78, 5) is 0. The highest BCUT2D eigenvalue weighted by molar-refractivity contribution is 5.86. The Morgan fingerprint density at radius 2 is 1.90 bits per heavy atom. The van der Waals surface area contributed by atoms with Gasteiger partial charge in [-0.2, -0.15) is 0 Å². The van der Waals surface area contributed by atoms with Crippen LogP contribution >= 0.6 is 0 Å². The summed E-state index contributed by atoms with van der Waals surface area (Å²) in [6.07, 6.45) is 4.74. The van der Waals surface area contributed by atoms with Gasteiger partial charge in [-0.3, -0.25) is 0 Å². The van der Waals surface area contributed by atoms with E-state index in [-0.39, 0.29) is 5.60 Å². The molecule has 0 aromatic heterocycles. The van der Waals surface area contributed by atoms with Crippen LogP contribution in [0.15, 0.2) is 42.5 Å². The molecule has 2 nitrogen and oxygen atoms in total. The average Bonchev–Trinajstić information content (AvgIpc) is 2.49. The lowest BCUT2D eigenvalue weighted by Gasteiger charge is -2.43. The van der Waals surface area contributed by atoms with Crippen molar-refractivity contribution in [3.8, 4) is 0 Å². The van der Waals surface area contributed by atoms with Crippen molar-refractivity contribution >= 4 is 10.8 Å². The lowest BCUT2D eigenvalue weighted by molar-refractivity contribution is -0.0836. The molecule has 1 atom stereocenters. The zero-order valence-corrected chi connectivity index (χ0v) is 13.1. The highest BCUT2D eigenvalue weighted by atomic mass is 16.5. The largest absolute Gasteiger partial charge is 0.378 e. The molecule has 2 heteroatoms. The van der Waals surface area contributed by atoms with E-state index in [4.69, 9.17) is 4.74 Å². The van der Waals surface area contributed by atoms with E-state index < -0.39 is 0 Å². The maximum atomic E-state index is 5.84. The second-order valence-electron chi connectivity index (χ2n) is 6.12. The van der Waals surface area contributed by atoms with Crippen LogP contribution in [0.3, 0.4) is 0 Å². The Morgan fingerprint density at radius 1 is 1.14 bits per heavy atom. The Morgan fingerprint density at radius 3 is 2.57 bits per heavy atom. The average molecular weight is 283 g/mol.